The second-order valence-electron chi connectivity index (χ2n) is 7.44. The molecule has 2 amide bonds. The van der Waals surface area contributed by atoms with Crippen LogP contribution >= 0.6 is 23.2 Å². The molecule has 0 N–H and O–H groups in total. The number of halogens is 2. The molecule has 6 nitrogen and oxygen atoms in total. The number of Topliss-reactive ketones (excluding diaryl/α,β-unsaturated/α-hetero) is 1. The average Bonchev–Trinajstić information content (AvgIpc) is 2.62. The minimum Gasteiger partial charge on any atom is -0.370 e. The van der Waals surface area contributed by atoms with E-state index in [-0.39, 0.29) is 36.5 Å². The van der Waals surface area contributed by atoms with E-state index in [9.17, 15) is 9.59 Å². The lowest BCUT2D eigenvalue weighted by Crippen LogP contribution is -2.61. The Bertz CT molecular complexity index is 738. The molecule has 3 saturated heterocycles. The van der Waals surface area contributed by atoms with Gasteiger partial charge in [-0.15, -0.1) is 0 Å². The van der Waals surface area contributed by atoms with Crippen molar-refractivity contribution in [1.82, 2.24) is 9.80 Å². The van der Waals surface area contributed by atoms with Crippen molar-refractivity contribution in [1.29, 1.82) is 0 Å². The summed E-state index contributed by atoms with van der Waals surface area (Å²) in [7, 11) is 0. The molecule has 8 heteroatoms. The SMILES string of the molecule is O=C1CO[C@H]2CCN(C(=O)N3CC(OCc4cc(Cl)ccc4Cl)C3)C[C@H]2C1. The Kier molecular flexibility index (Phi) is 5.60. The Hall–Kier alpha value is -1.34. The van der Waals surface area contributed by atoms with E-state index in [0.29, 0.717) is 49.3 Å². The number of piperidine rings is 1. The Morgan fingerprint density at radius 2 is 2.04 bits per heavy atom. The summed E-state index contributed by atoms with van der Waals surface area (Å²) in [5.74, 6) is 0.255. The lowest BCUT2D eigenvalue weighted by atomic mass is 9.88. The number of amides is 2. The van der Waals surface area contributed by atoms with Crippen LogP contribution in [0.4, 0.5) is 4.79 Å². The van der Waals surface area contributed by atoms with Gasteiger partial charge < -0.3 is 19.3 Å². The first kappa shape index (κ1) is 19.0. The molecule has 1 aromatic rings. The molecule has 2 atom stereocenters. The molecule has 0 saturated carbocycles. The molecular formula is C19H22Cl2N2O4. The lowest BCUT2D eigenvalue weighted by molar-refractivity contribution is -0.140. The number of carbonyl (C=O) groups excluding carboxylic acids is 2. The van der Waals surface area contributed by atoms with E-state index in [4.69, 9.17) is 32.7 Å². The maximum atomic E-state index is 12.7. The van der Waals surface area contributed by atoms with Crippen LogP contribution in [0.2, 0.25) is 10.0 Å². The number of ether oxygens (including phenoxy) is 2. The largest absolute Gasteiger partial charge is 0.370 e. The molecule has 3 aliphatic rings. The van der Waals surface area contributed by atoms with Gasteiger partial charge in [0.1, 0.15) is 6.61 Å². The van der Waals surface area contributed by atoms with Gasteiger partial charge in [0, 0.05) is 35.5 Å². The van der Waals surface area contributed by atoms with Crippen molar-refractivity contribution in [2.75, 3.05) is 32.8 Å². The standard InChI is InChI=1S/C19H22Cl2N2O4/c20-14-1-2-17(21)13(5-14)10-26-16-8-23(9-16)19(25)22-4-3-18-12(7-22)6-15(24)11-27-18/h1-2,5,12,16,18H,3-4,6-11H2/t12-,18+/m1/s1. The number of likely N-dealkylation sites (tertiary alicyclic amines) is 2. The molecular weight excluding hydrogens is 391 g/mol. The zero-order valence-corrected chi connectivity index (χ0v) is 16.4. The van der Waals surface area contributed by atoms with Crippen molar-refractivity contribution in [3.05, 3.63) is 33.8 Å². The molecule has 4 rings (SSSR count). The number of urea groups is 1. The van der Waals surface area contributed by atoms with Gasteiger partial charge in [-0.05, 0) is 30.2 Å². The minimum absolute atomic E-state index is 0.00105. The van der Waals surface area contributed by atoms with E-state index in [2.05, 4.69) is 0 Å². The van der Waals surface area contributed by atoms with Crippen LogP contribution in [0.25, 0.3) is 0 Å². The molecule has 0 aromatic heterocycles. The number of hydrogen-bond donors (Lipinski definition) is 0. The number of benzene rings is 1. The maximum absolute atomic E-state index is 12.7. The second kappa shape index (κ2) is 7.95. The first-order chi connectivity index (χ1) is 13.0. The number of hydrogen-bond acceptors (Lipinski definition) is 4. The Morgan fingerprint density at radius 3 is 2.85 bits per heavy atom. The summed E-state index contributed by atoms with van der Waals surface area (Å²) in [4.78, 5) is 27.9. The van der Waals surface area contributed by atoms with Gasteiger partial charge in [0.15, 0.2) is 5.78 Å². The molecule has 0 bridgehead atoms. The van der Waals surface area contributed by atoms with Gasteiger partial charge in [0.2, 0.25) is 0 Å². The topological polar surface area (TPSA) is 59.1 Å². The smallest absolute Gasteiger partial charge is 0.320 e. The first-order valence-corrected chi connectivity index (χ1v) is 9.98. The quantitative estimate of drug-likeness (QED) is 0.765. The number of fused-ring (bicyclic) bond motifs is 1. The van der Waals surface area contributed by atoms with Crippen molar-refractivity contribution in [3.8, 4) is 0 Å². The van der Waals surface area contributed by atoms with E-state index in [1.807, 2.05) is 4.90 Å². The summed E-state index contributed by atoms with van der Waals surface area (Å²) in [6, 6.07) is 5.31. The number of nitrogens with zero attached hydrogens (tertiary/aromatic N) is 2. The highest BCUT2D eigenvalue weighted by Crippen LogP contribution is 2.29. The monoisotopic (exact) mass is 412 g/mol. The second-order valence-corrected chi connectivity index (χ2v) is 8.29. The van der Waals surface area contributed by atoms with Crippen molar-refractivity contribution >= 4 is 35.0 Å². The molecule has 146 valence electrons. The molecule has 0 unspecified atom stereocenters. The number of ketones is 1. The highest BCUT2D eigenvalue weighted by molar-refractivity contribution is 6.33. The highest BCUT2D eigenvalue weighted by atomic mass is 35.5. The van der Waals surface area contributed by atoms with Gasteiger partial charge in [0.05, 0.1) is 31.9 Å². The fourth-order valence-corrected chi connectivity index (χ4v) is 4.28. The number of carbonyl (C=O) groups is 2. The van der Waals surface area contributed by atoms with E-state index >= 15 is 0 Å². The van der Waals surface area contributed by atoms with Crippen LogP contribution in [-0.4, -0.2) is 66.6 Å². The summed E-state index contributed by atoms with van der Waals surface area (Å²) in [6.45, 7) is 2.99. The molecule has 0 aliphatic carbocycles. The van der Waals surface area contributed by atoms with Crippen LogP contribution in [0.3, 0.4) is 0 Å². The van der Waals surface area contributed by atoms with Gasteiger partial charge in [-0.25, -0.2) is 4.79 Å². The summed E-state index contributed by atoms with van der Waals surface area (Å²) >= 11 is 12.1. The van der Waals surface area contributed by atoms with Crippen molar-refractivity contribution in [2.45, 2.75) is 31.7 Å². The van der Waals surface area contributed by atoms with E-state index in [1.165, 1.54) is 0 Å². The Labute approximate surface area is 168 Å². The third-order valence-corrected chi connectivity index (χ3v) is 6.09. The predicted octanol–water partition coefficient (Wildman–Crippen LogP) is 2.99. The minimum atomic E-state index is 0.00105. The van der Waals surface area contributed by atoms with E-state index in [0.717, 1.165) is 12.0 Å². The summed E-state index contributed by atoms with van der Waals surface area (Å²) < 4.78 is 11.4. The van der Waals surface area contributed by atoms with Gasteiger partial charge in [-0.3, -0.25) is 4.79 Å². The van der Waals surface area contributed by atoms with Crippen LogP contribution in [0, 0.1) is 5.92 Å². The van der Waals surface area contributed by atoms with Crippen molar-refractivity contribution < 1.29 is 19.1 Å². The van der Waals surface area contributed by atoms with Crippen LogP contribution < -0.4 is 0 Å². The zero-order chi connectivity index (χ0) is 19.0. The lowest BCUT2D eigenvalue weighted by Gasteiger charge is -2.45. The Balaban J connectivity index is 1.24. The van der Waals surface area contributed by atoms with E-state index < -0.39 is 0 Å². The molecule has 0 spiro atoms. The third kappa shape index (κ3) is 4.24. The molecule has 0 radical (unpaired) electrons. The summed E-state index contributed by atoms with van der Waals surface area (Å²) in [5, 5.41) is 1.25. The molecule has 1 aromatic carbocycles. The molecule has 27 heavy (non-hydrogen) atoms. The normalized spacial score (nSPS) is 25.9. The fraction of sp³-hybridized carbons (Fsp3) is 0.579. The van der Waals surface area contributed by atoms with Gasteiger partial charge >= 0.3 is 6.03 Å². The fourth-order valence-electron chi connectivity index (χ4n) is 3.91. The van der Waals surface area contributed by atoms with Gasteiger partial charge in [-0.1, -0.05) is 23.2 Å². The zero-order valence-electron chi connectivity index (χ0n) is 14.9. The van der Waals surface area contributed by atoms with Crippen LogP contribution in [-0.2, 0) is 20.9 Å². The van der Waals surface area contributed by atoms with Crippen molar-refractivity contribution in [2.24, 2.45) is 5.92 Å². The van der Waals surface area contributed by atoms with Crippen LogP contribution in [0.1, 0.15) is 18.4 Å². The van der Waals surface area contributed by atoms with Gasteiger partial charge in [-0.2, -0.15) is 0 Å². The van der Waals surface area contributed by atoms with Crippen LogP contribution in [0.15, 0.2) is 18.2 Å². The summed E-state index contributed by atoms with van der Waals surface area (Å²) in [6.07, 6.45) is 1.42. The number of rotatable bonds is 3. The van der Waals surface area contributed by atoms with Crippen LogP contribution in [0.5, 0.6) is 0 Å². The molecule has 3 heterocycles. The van der Waals surface area contributed by atoms with E-state index in [1.54, 1.807) is 23.1 Å². The summed E-state index contributed by atoms with van der Waals surface area (Å²) in [5.41, 5.74) is 0.845. The third-order valence-electron chi connectivity index (χ3n) is 5.48. The predicted molar refractivity (Wildman–Crippen MR) is 101 cm³/mol. The first-order valence-electron chi connectivity index (χ1n) is 9.22. The maximum Gasteiger partial charge on any atom is 0.320 e. The highest BCUT2D eigenvalue weighted by Gasteiger charge is 2.40. The van der Waals surface area contributed by atoms with Gasteiger partial charge in [0.25, 0.3) is 0 Å². The van der Waals surface area contributed by atoms with Crippen molar-refractivity contribution in [3.63, 3.8) is 0 Å². The molecule has 3 fully saturated rings. The average molecular weight is 413 g/mol. The molecule has 3 aliphatic heterocycles. The Morgan fingerprint density at radius 1 is 1.22 bits per heavy atom.